The van der Waals surface area contributed by atoms with Gasteiger partial charge in [-0.05, 0) is 91.3 Å². The summed E-state index contributed by atoms with van der Waals surface area (Å²) in [6, 6.07) is 44.4. The van der Waals surface area contributed by atoms with E-state index in [9.17, 15) is 4.79 Å². The van der Waals surface area contributed by atoms with Gasteiger partial charge in [0.25, 0.3) is 0 Å². The molecule has 9 rings (SSSR count). The summed E-state index contributed by atoms with van der Waals surface area (Å²) in [5, 5.41) is 5.65. The van der Waals surface area contributed by atoms with Gasteiger partial charge in [0, 0.05) is 24.8 Å². The Morgan fingerprint density at radius 3 is 1.71 bits per heavy atom. The normalized spacial score (nSPS) is 11.8. The summed E-state index contributed by atoms with van der Waals surface area (Å²) >= 11 is 0. The summed E-state index contributed by atoms with van der Waals surface area (Å²) in [7, 11) is 1.84. The molecule has 0 saturated carbocycles. The van der Waals surface area contributed by atoms with E-state index >= 15 is 0 Å². The van der Waals surface area contributed by atoms with Crippen molar-refractivity contribution in [3.63, 3.8) is 0 Å². The Morgan fingerprint density at radius 1 is 0.511 bits per heavy atom. The third-order valence-corrected chi connectivity index (χ3v) is 9.05. The van der Waals surface area contributed by atoms with Crippen LogP contribution in [0.4, 0.5) is 0 Å². The molecule has 0 bridgehead atoms. The molecule has 3 heterocycles. The van der Waals surface area contributed by atoms with Gasteiger partial charge in [0.2, 0.25) is 0 Å². The first-order valence-electron chi connectivity index (χ1n) is 15.0. The maximum Gasteiger partial charge on any atom is 0.334 e. The van der Waals surface area contributed by atoms with Gasteiger partial charge >= 0.3 is 5.69 Å². The molecule has 0 aliphatic heterocycles. The molecule has 0 aliphatic carbocycles. The van der Waals surface area contributed by atoms with Crippen LogP contribution < -0.4 is 5.69 Å². The highest BCUT2D eigenvalue weighted by atomic mass is 16.1. The monoisotopic (exact) mass is 578 g/mol. The van der Waals surface area contributed by atoms with Crippen LogP contribution in [0.5, 0.6) is 0 Å². The van der Waals surface area contributed by atoms with Crippen LogP contribution in [0.1, 0.15) is 0 Å². The Hall–Kier alpha value is -6.07. The van der Waals surface area contributed by atoms with Crippen LogP contribution in [0.2, 0.25) is 0 Å². The van der Waals surface area contributed by atoms with E-state index in [2.05, 4.69) is 96.0 Å². The van der Waals surface area contributed by atoms with Gasteiger partial charge < -0.3 is 0 Å². The van der Waals surface area contributed by atoms with Crippen molar-refractivity contribution in [3.8, 4) is 33.4 Å². The quantitative estimate of drug-likeness (QED) is 0.197. The first-order chi connectivity index (χ1) is 22.2. The maximum atomic E-state index is 13.7. The molecule has 0 spiro atoms. The first kappa shape index (κ1) is 25.4. The average Bonchev–Trinajstić information content (AvgIpc) is 3.50. The summed E-state index contributed by atoms with van der Waals surface area (Å²) in [4.78, 5) is 22.7. The molecule has 5 nitrogen and oxygen atoms in total. The highest BCUT2D eigenvalue weighted by Crippen LogP contribution is 2.44. The molecule has 0 unspecified atom stereocenters. The number of para-hydroxylation sites is 2. The lowest BCUT2D eigenvalue weighted by molar-refractivity contribution is 0.836. The minimum atomic E-state index is -0.108. The summed E-state index contributed by atoms with van der Waals surface area (Å²) in [6.07, 6.45) is 3.65. The summed E-state index contributed by atoms with van der Waals surface area (Å²) < 4.78 is 3.46. The van der Waals surface area contributed by atoms with Gasteiger partial charge in [-0.1, -0.05) is 91.0 Å². The third-order valence-electron chi connectivity index (χ3n) is 9.05. The average molecular weight is 579 g/mol. The van der Waals surface area contributed by atoms with Gasteiger partial charge in [-0.15, -0.1) is 0 Å². The molecule has 0 fully saturated rings. The van der Waals surface area contributed by atoms with Crippen LogP contribution in [0.15, 0.2) is 145 Å². The summed E-state index contributed by atoms with van der Waals surface area (Å²) in [5.74, 6) is 0. The van der Waals surface area contributed by atoms with Crippen molar-refractivity contribution < 1.29 is 0 Å². The van der Waals surface area contributed by atoms with Crippen LogP contribution in [0, 0.1) is 0 Å². The number of imidazole rings is 1. The van der Waals surface area contributed by atoms with E-state index in [4.69, 9.17) is 4.98 Å². The first-order valence-corrected chi connectivity index (χ1v) is 15.0. The van der Waals surface area contributed by atoms with Crippen molar-refractivity contribution in [2.45, 2.75) is 0 Å². The van der Waals surface area contributed by atoms with Crippen LogP contribution in [0.3, 0.4) is 0 Å². The van der Waals surface area contributed by atoms with Crippen LogP contribution in [0.25, 0.3) is 82.5 Å². The minimum absolute atomic E-state index is 0.108. The van der Waals surface area contributed by atoms with Gasteiger partial charge in [0.1, 0.15) is 0 Å². The third kappa shape index (κ3) is 3.77. The second-order valence-corrected chi connectivity index (χ2v) is 11.5. The Bertz CT molecular complexity index is 2610. The van der Waals surface area contributed by atoms with E-state index in [1.165, 1.54) is 32.7 Å². The van der Waals surface area contributed by atoms with Crippen LogP contribution in [-0.2, 0) is 7.05 Å². The molecule has 0 radical (unpaired) electrons. The van der Waals surface area contributed by atoms with E-state index in [1.807, 2.05) is 55.8 Å². The smallest absolute Gasteiger partial charge is 0.296 e. The van der Waals surface area contributed by atoms with Crippen molar-refractivity contribution in [2.75, 3.05) is 0 Å². The van der Waals surface area contributed by atoms with Gasteiger partial charge in [-0.3, -0.25) is 9.55 Å². The number of fused-ring (bicyclic) bond motifs is 7. The van der Waals surface area contributed by atoms with E-state index in [0.29, 0.717) is 5.65 Å². The van der Waals surface area contributed by atoms with E-state index in [1.54, 1.807) is 8.97 Å². The number of aryl methyl sites for hydroxylation is 1. The van der Waals surface area contributed by atoms with Gasteiger partial charge in [0.05, 0.1) is 16.6 Å². The number of benzene rings is 6. The molecule has 45 heavy (non-hydrogen) atoms. The van der Waals surface area contributed by atoms with Crippen molar-refractivity contribution in [1.82, 2.24) is 18.9 Å². The summed E-state index contributed by atoms with van der Waals surface area (Å²) in [6.45, 7) is 0. The lowest BCUT2D eigenvalue weighted by Crippen LogP contribution is -2.24. The second kappa shape index (κ2) is 9.73. The van der Waals surface area contributed by atoms with Crippen molar-refractivity contribution >= 4 is 49.1 Å². The zero-order chi connectivity index (χ0) is 30.1. The zero-order valence-electron chi connectivity index (χ0n) is 24.5. The minimum Gasteiger partial charge on any atom is -0.296 e. The maximum absolute atomic E-state index is 13.7. The number of rotatable bonds is 3. The molecule has 0 atom stereocenters. The van der Waals surface area contributed by atoms with E-state index < -0.39 is 0 Å². The van der Waals surface area contributed by atoms with Crippen molar-refractivity contribution in [2.24, 2.45) is 7.05 Å². The van der Waals surface area contributed by atoms with E-state index in [0.717, 1.165) is 44.2 Å². The molecule has 5 heteroatoms. The fraction of sp³-hybridized carbons (Fsp3) is 0.0250. The molecular formula is C40H26N4O. The number of hydrogen-bond donors (Lipinski definition) is 0. The van der Waals surface area contributed by atoms with Gasteiger partial charge in [-0.2, -0.15) is 0 Å². The van der Waals surface area contributed by atoms with Gasteiger partial charge in [0.15, 0.2) is 5.65 Å². The number of aromatic nitrogens is 4. The second-order valence-electron chi connectivity index (χ2n) is 11.5. The Kier molecular flexibility index (Phi) is 5.50. The molecule has 6 aromatic carbocycles. The highest BCUT2D eigenvalue weighted by molar-refractivity contribution is 6.21. The fourth-order valence-corrected chi connectivity index (χ4v) is 6.93. The molecule has 9 aromatic rings. The molecule has 0 N–H and O–H groups in total. The highest BCUT2D eigenvalue weighted by Gasteiger charge is 2.19. The Labute approximate surface area is 258 Å². The fourth-order valence-electron chi connectivity index (χ4n) is 6.93. The molecule has 0 aliphatic rings. The van der Waals surface area contributed by atoms with Crippen molar-refractivity contribution in [1.29, 1.82) is 0 Å². The Balaban J connectivity index is 1.31. The molecule has 3 aromatic heterocycles. The van der Waals surface area contributed by atoms with Crippen LogP contribution in [-0.4, -0.2) is 18.9 Å². The van der Waals surface area contributed by atoms with Gasteiger partial charge in [-0.25, -0.2) is 14.2 Å². The SMILES string of the molecule is Cn1c(=O)n2c3ccccc3nc2c2ccc(-c3c4ccccc4c(-c4ccc(-c5ccncc5)cc4)c4ccccc34)cc21. The summed E-state index contributed by atoms with van der Waals surface area (Å²) in [5.41, 5.74) is 9.96. The molecular weight excluding hydrogens is 552 g/mol. The van der Waals surface area contributed by atoms with E-state index in [-0.39, 0.29) is 5.69 Å². The van der Waals surface area contributed by atoms with Crippen molar-refractivity contribution in [3.05, 3.63) is 150 Å². The van der Waals surface area contributed by atoms with Crippen LogP contribution >= 0.6 is 0 Å². The predicted octanol–water partition coefficient (Wildman–Crippen LogP) is 9.04. The number of hydrogen-bond acceptors (Lipinski definition) is 3. The lowest BCUT2D eigenvalue weighted by Gasteiger charge is -2.18. The molecule has 212 valence electrons. The molecule has 0 saturated heterocycles. The topological polar surface area (TPSA) is 52.2 Å². The number of pyridine rings is 1. The lowest BCUT2D eigenvalue weighted by atomic mass is 9.85. The largest absolute Gasteiger partial charge is 0.334 e. The standard InChI is InChI=1S/C40H26N4O/c1-43-36-24-28(18-19-33(36)39-42-34-12-6-7-13-35(34)44(39)40(43)45)38-31-10-4-2-8-29(31)37(30-9-3-5-11-32(30)38)27-16-14-25(15-17-27)26-20-22-41-23-21-26/h2-24H,1H3. The Morgan fingerprint density at radius 2 is 1.04 bits per heavy atom. The number of nitrogens with zero attached hydrogens (tertiary/aromatic N) is 4. The molecule has 0 amide bonds. The predicted molar refractivity (Wildman–Crippen MR) is 185 cm³/mol. The zero-order valence-corrected chi connectivity index (χ0v) is 24.5.